The van der Waals surface area contributed by atoms with Gasteiger partial charge in [0.05, 0.1) is 10.6 Å². The van der Waals surface area contributed by atoms with Crippen LogP contribution in [0.25, 0.3) is 0 Å². The molecule has 2 rings (SSSR count). The highest BCUT2D eigenvalue weighted by molar-refractivity contribution is 6.32. The minimum atomic E-state index is -4.35. The Kier molecular flexibility index (Phi) is 5.88. The molecule has 0 saturated heterocycles. The third-order valence-corrected chi connectivity index (χ3v) is 3.47. The van der Waals surface area contributed by atoms with Gasteiger partial charge in [-0.05, 0) is 42.3 Å². The summed E-state index contributed by atoms with van der Waals surface area (Å²) < 4.78 is 65.9. The predicted molar refractivity (Wildman–Crippen MR) is 81.7 cm³/mol. The number of anilines is 1. The molecule has 0 amide bonds. The average Bonchev–Trinajstić information content (AvgIpc) is 2.49. The Morgan fingerprint density at radius 1 is 1.04 bits per heavy atom. The molecule has 0 spiro atoms. The number of halogens is 6. The summed E-state index contributed by atoms with van der Waals surface area (Å²) in [6.45, 7) is -2.52. The van der Waals surface area contributed by atoms with Gasteiger partial charge in [0, 0.05) is 12.2 Å². The molecule has 0 bridgehead atoms. The van der Waals surface area contributed by atoms with Crippen LogP contribution >= 0.6 is 11.6 Å². The van der Waals surface area contributed by atoms with E-state index in [-0.39, 0.29) is 10.8 Å². The molecular formula is C16H13ClF5NO. The predicted octanol–water partition coefficient (Wildman–Crippen LogP) is 5.61. The molecule has 0 aromatic heterocycles. The van der Waals surface area contributed by atoms with Crippen LogP contribution in [-0.4, -0.2) is 13.2 Å². The zero-order valence-corrected chi connectivity index (χ0v) is 13.0. The Balaban J connectivity index is 1.89. The van der Waals surface area contributed by atoms with Crippen LogP contribution in [0.2, 0.25) is 5.02 Å². The average molecular weight is 366 g/mol. The fourth-order valence-electron chi connectivity index (χ4n) is 2.01. The van der Waals surface area contributed by atoms with Crippen LogP contribution in [0.3, 0.4) is 0 Å². The van der Waals surface area contributed by atoms with Crippen molar-refractivity contribution in [2.45, 2.75) is 19.2 Å². The lowest BCUT2D eigenvalue weighted by Crippen LogP contribution is -2.07. The van der Waals surface area contributed by atoms with E-state index in [1.165, 1.54) is 30.3 Å². The molecule has 0 heterocycles. The Labute approximate surface area is 140 Å². The number of nitrogens with one attached hydrogen (secondary N) is 1. The first kappa shape index (κ1) is 18.3. The van der Waals surface area contributed by atoms with Gasteiger partial charge >= 0.3 is 12.8 Å². The second kappa shape index (κ2) is 7.70. The van der Waals surface area contributed by atoms with E-state index in [0.717, 1.165) is 17.7 Å². The van der Waals surface area contributed by atoms with Crippen molar-refractivity contribution in [3.05, 3.63) is 58.6 Å². The first-order valence-electron chi connectivity index (χ1n) is 6.90. The molecular weight excluding hydrogens is 353 g/mol. The molecule has 130 valence electrons. The molecule has 1 N–H and O–H groups in total. The van der Waals surface area contributed by atoms with Crippen LogP contribution in [0.5, 0.6) is 5.75 Å². The van der Waals surface area contributed by atoms with Crippen LogP contribution in [0.1, 0.15) is 11.1 Å². The van der Waals surface area contributed by atoms with E-state index >= 15 is 0 Å². The Bertz CT molecular complexity index is 673. The lowest BCUT2D eigenvalue weighted by Gasteiger charge is -2.11. The highest BCUT2D eigenvalue weighted by atomic mass is 35.5. The van der Waals surface area contributed by atoms with Gasteiger partial charge in [-0.1, -0.05) is 23.7 Å². The quantitative estimate of drug-likeness (QED) is 0.671. The summed E-state index contributed by atoms with van der Waals surface area (Å²) in [6.07, 6.45) is -3.86. The minimum absolute atomic E-state index is 0.0369. The molecule has 0 unspecified atom stereocenters. The van der Waals surface area contributed by atoms with Crippen molar-refractivity contribution in [1.82, 2.24) is 0 Å². The van der Waals surface area contributed by atoms with Gasteiger partial charge in [0.1, 0.15) is 5.75 Å². The fourth-order valence-corrected chi connectivity index (χ4v) is 2.24. The number of hydrogen-bond acceptors (Lipinski definition) is 2. The summed E-state index contributed by atoms with van der Waals surface area (Å²) in [4.78, 5) is 0. The number of hydrogen-bond donors (Lipinski definition) is 1. The molecule has 8 heteroatoms. The minimum Gasteiger partial charge on any atom is -0.433 e. The number of benzene rings is 2. The van der Waals surface area contributed by atoms with E-state index in [9.17, 15) is 22.0 Å². The topological polar surface area (TPSA) is 21.3 Å². The van der Waals surface area contributed by atoms with Crippen molar-refractivity contribution >= 4 is 17.3 Å². The smallest absolute Gasteiger partial charge is 0.416 e. The highest BCUT2D eigenvalue weighted by Crippen LogP contribution is 2.30. The van der Waals surface area contributed by atoms with Gasteiger partial charge in [-0.2, -0.15) is 22.0 Å². The first-order chi connectivity index (χ1) is 11.3. The Hall–Kier alpha value is -2.02. The van der Waals surface area contributed by atoms with Crippen molar-refractivity contribution in [1.29, 1.82) is 0 Å². The third kappa shape index (κ3) is 5.26. The molecule has 2 aromatic carbocycles. The van der Waals surface area contributed by atoms with Gasteiger partial charge < -0.3 is 10.1 Å². The molecule has 24 heavy (non-hydrogen) atoms. The van der Waals surface area contributed by atoms with E-state index < -0.39 is 18.4 Å². The molecule has 2 nitrogen and oxygen atoms in total. The van der Waals surface area contributed by atoms with E-state index in [4.69, 9.17) is 11.6 Å². The molecule has 0 fully saturated rings. The first-order valence-corrected chi connectivity index (χ1v) is 7.28. The Morgan fingerprint density at radius 2 is 1.71 bits per heavy atom. The summed E-state index contributed by atoms with van der Waals surface area (Å²) in [5.41, 5.74) is 0.633. The monoisotopic (exact) mass is 365 g/mol. The largest absolute Gasteiger partial charge is 0.433 e. The SMILES string of the molecule is FC(F)Oc1ccc(NCCc2ccc(C(F)(F)F)cc2)cc1Cl. The summed E-state index contributed by atoms with van der Waals surface area (Å²) in [5.74, 6) is -0.125. The fraction of sp³-hybridized carbons (Fsp3) is 0.250. The van der Waals surface area contributed by atoms with E-state index in [1.54, 1.807) is 0 Å². The summed E-state index contributed by atoms with van der Waals surface area (Å²) in [7, 11) is 0. The maximum Gasteiger partial charge on any atom is 0.416 e. The van der Waals surface area contributed by atoms with Crippen LogP contribution in [-0.2, 0) is 12.6 Å². The molecule has 0 radical (unpaired) electrons. The van der Waals surface area contributed by atoms with E-state index in [0.29, 0.717) is 18.7 Å². The Morgan fingerprint density at radius 3 is 2.25 bits per heavy atom. The normalized spacial score (nSPS) is 11.6. The van der Waals surface area contributed by atoms with Crippen molar-refractivity contribution < 1.29 is 26.7 Å². The number of alkyl halides is 5. The van der Waals surface area contributed by atoms with Crippen LogP contribution in [0.15, 0.2) is 42.5 Å². The standard InChI is InChI=1S/C16H13ClF5NO/c17-13-9-12(5-6-14(13)24-15(18)19)23-8-7-10-1-3-11(4-2-10)16(20,21)22/h1-6,9,15,23H,7-8H2. The molecule has 0 aliphatic rings. The van der Waals surface area contributed by atoms with Crippen molar-refractivity contribution in [2.24, 2.45) is 0 Å². The van der Waals surface area contributed by atoms with Gasteiger partial charge in [-0.25, -0.2) is 0 Å². The van der Waals surface area contributed by atoms with Crippen LogP contribution < -0.4 is 10.1 Å². The summed E-state index contributed by atoms with van der Waals surface area (Å²) in [5, 5.41) is 3.05. The second-order valence-electron chi connectivity index (χ2n) is 4.90. The molecule has 2 aromatic rings. The molecule has 0 atom stereocenters. The zero-order valence-electron chi connectivity index (χ0n) is 12.2. The van der Waals surface area contributed by atoms with Gasteiger partial charge in [-0.15, -0.1) is 0 Å². The number of ether oxygens (including phenoxy) is 1. The van der Waals surface area contributed by atoms with Crippen molar-refractivity contribution in [3.63, 3.8) is 0 Å². The maximum absolute atomic E-state index is 12.5. The summed E-state index contributed by atoms with van der Waals surface area (Å²) >= 11 is 5.82. The lowest BCUT2D eigenvalue weighted by atomic mass is 10.1. The third-order valence-electron chi connectivity index (χ3n) is 3.17. The molecule has 0 saturated carbocycles. The van der Waals surface area contributed by atoms with E-state index in [2.05, 4.69) is 10.1 Å². The highest BCUT2D eigenvalue weighted by Gasteiger charge is 2.29. The maximum atomic E-state index is 12.5. The molecule has 0 aliphatic carbocycles. The van der Waals surface area contributed by atoms with Crippen LogP contribution in [0.4, 0.5) is 27.6 Å². The van der Waals surface area contributed by atoms with Gasteiger partial charge in [0.15, 0.2) is 0 Å². The van der Waals surface area contributed by atoms with Gasteiger partial charge in [-0.3, -0.25) is 0 Å². The summed E-state index contributed by atoms with van der Waals surface area (Å²) in [6, 6.07) is 9.16. The van der Waals surface area contributed by atoms with Gasteiger partial charge in [0.25, 0.3) is 0 Å². The molecule has 0 aliphatic heterocycles. The van der Waals surface area contributed by atoms with Crippen molar-refractivity contribution in [3.8, 4) is 5.75 Å². The zero-order chi connectivity index (χ0) is 17.7. The number of rotatable bonds is 6. The van der Waals surface area contributed by atoms with Crippen molar-refractivity contribution in [2.75, 3.05) is 11.9 Å². The van der Waals surface area contributed by atoms with Gasteiger partial charge in [0.2, 0.25) is 0 Å². The van der Waals surface area contributed by atoms with Crippen LogP contribution in [0, 0.1) is 0 Å². The van der Waals surface area contributed by atoms with E-state index in [1.807, 2.05) is 0 Å². The lowest BCUT2D eigenvalue weighted by molar-refractivity contribution is -0.137. The second-order valence-corrected chi connectivity index (χ2v) is 5.30.